The van der Waals surface area contributed by atoms with Gasteiger partial charge in [-0.1, -0.05) is 180 Å². The third-order valence-corrected chi connectivity index (χ3v) is 8.91. The highest BCUT2D eigenvalue weighted by atomic mass is 16.3. The number of aliphatic hydroxyl groups excluding tert-OH is 2. The third-order valence-electron chi connectivity index (χ3n) is 8.91. The minimum Gasteiger partial charge on any atom is -0.394 e. The summed E-state index contributed by atoms with van der Waals surface area (Å²) < 4.78 is 0. The lowest BCUT2D eigenvalue weighted by atomic mass is 10.1. The highest BCUT2D eigenvalue weighted by molar-refractivity contribution is 5.76. The van der Waals surface area contributed by atoms with E-state index in [0.29, 0.717) is 6.42 Å². The number of hydrogen-bond acceptors (Lipinski definition) is 3. The van der Waals surface area contributed by atoms with Crippen molar-refractivity contribution in [1.82, 2.24) is 5.32 Å². The summed E-state index contributed by atoms with van der Waals surface area (Å²) in [4.78, 5) is 12.4. The quantitative estimate of drug-likeness (QED) is 0.0438. The predicted molar refractivity (Wildman–Crippen MR) is 239 cm³/mol. The van der Waals surface area contributed by atoms with E-state index < -0.39 is 12.1 Å². The molecule has 54 heavy (non-hydrogen) atoms. The maximum Gasteiger partial charge on any atom is 0.220 e. The van der Waals surface area contributed by atoms with Crippen LogP contribution >= 0.6 is 0 Å². The first-order chi connectivity index (χ1) is 26.7. The molecule has 0 aliphatic carbocycles. The molecule has 0 radical (unpaired) electrons. The fourth-order valence-electron chi connectivity index (χ4n) is 5.60. The lowest BCUT2D eigenvalue weighted by Gasteiger charge is -2.19. The van der Waals surface area contributed by atoms with Crippen molar-refractivity contribution < 1.29 is 15.0 Å². The van der Waals surface area contributed by atoms with Gasteiger partial charge >= 0.3 is 0 Å². The van der Waals surface area contributed by atoms with Crippen LogP contribution in [0.15, 0.2) is 122 Å². The summed E-state index contributed by atoms with van der Waals surface area (Å²) in [5, 5.41) is 22.9. The first kappa shape index (κ1) is 50.8. The number of amides is 1. The van der Waals surface area contributed by atoms with Gasteiger partial charge < -0.3 is 15.5 Å². The van der Waals surface area contributed by atoms with Crippen LogP contribution < -0.4 is 5.32 Å². The van der Waals surface area contributed by atoms with E-state index in [1.54, 1.807) is 6.08 Å². The molecule has 304 valence electrons. The van der Waals surface area contributed by atoms with Gasteiger partial charge in [-0.25, -0.2) is 0 Å². The van der Waals surface area contributed by atoms with Crippen LogP contribution in [0.5, 0.6) is 0 Å². The van der Waals surface area contributed by atoms with Gasteiger partial charge in [0.05, 0.1) is 18.8 Å². The second-order valence-corrected chi connectivity index (χ2v) is 14.0. The number of rotatable bonds is 37. The van der Waals surface area contributed by atoms with Crippen molar-refractivity contribution in [2.75, 3.05) is 6.61 Å². The zero-order valence-electron chi connectivity index (χ0n) is 34.7. The maximum atomic E-state index is 12.4. The fourth-order valence-corrected chi connectivity index (χ4v) is 5.60. The molecule has 3 N–H and O–H groups in total. The van der Waals surface area contributed by atoms with Gasteiger partial charge in [0.2, 0.25) is 5.91 Å². The molecule has 4 heteroatoms. The Kier molecular flexibility index (Phi) is 41.6. The van der Waals surface area contributed by atoms with Crippen molar-refractivity contribution in [3.05, 3.63) is 122 Å². The van der Waals surface area contributed by atoms with Gasteiger partial charge in [0.1, 0.15) is 0 Å². The highest BCUT2D eigenvalue weighted by Crippen LogP contribution is 2.09. The minimum absolute atomic E-state index is 0.104. The van der Waals surface area contributed by atoms with E-state index in [1.807, 2.05) is 6.08 Å². The van der Waals surface area contributed by atoms with Crippen LogP contribution in [0.25, 0.3) is 0 Å². The van der Waals surface area contributed by atoms with Crippen molar-refractivity contribution in [2.45, 2.75) is 180 Å². The zero-order chi connectivity index (χ0) is 39.3. The van der Waals surface area contributed by atoms with Crippen molar-refractivity contribution in [2.24, 2.45) is 0 Å². The van der Waals surface area contributed by atoms with Crippen LogP contribution in [0, 0.1) is 0 Å². The normalized spacial score (nSPS) is 14.2. The molecule has 0 aromatic rings. The Balaban J connectivity index is 3.76. The number of allylic oxidation sites excluding steroid dienone is 19. The Morgan fingerprint density at radius 3 is 1.30 bits per heavy atom. The minimum atomic E-state index is -0.887. The molecule has 0 saturated carbocycles. The van der Waals surface area contributed by atoms with E-state index in [4.69, 9.17) is 0 Å². The van der Waals surface area contributed by atoms with Crippen LogP contribution in [0.3, 0.4) is 0 Å². The molecule has 0 spiro atoms. The smallest absolute Gasteiger partial charge is 0.220 e. The van der Waals surface area contributed by atoms with Crippen LogP contribution in [-0.2, 0) is 4.79 Å². The van der Waals surface area contributed by atoms with Crippen molar-refractivity contribution >= 4 is 5.91 Å². The van der Waals surface area contributed by atoms with Gasteiger partial charge in [0.15, 0.2) is 0 Å². The van der Waals surface area contributed by atoms with Crippen molar-refractivity contribution in [1.29, 1.82) is 0 Å². The van der Waals surface area contributed by atoms with E-state index in [1.165, 1.54) is 51.4 Å². The van der Waals surface area contributed by atoms with E-state index in [9.17, 15) is 15.0 Å². The van der Waals surface area contributed by atoms with Gasteiger partial charge in [0.25, 0.3) is 0 Å². The van der Waals surface area contributed by atoms with Gasteiger partial charge in [-0.05, 0) is 103 Å². The molecule has 0 fully saturated rings. The Labute approximate surface area is 333 Å². The van der Waals surface area contributed by atoms with Crippen LogP contribution in [0.4, 0.5) is 0 Å². The fraction of sp³-hybridized carbons (Fsp3) is 0.580. The molecule has 2 atom stereocenters. The Bertz CT molecular complexity index is 1120. The molecule has 0 aliphatic rings. The Morgan fingerprint density at radius 2 is 0.833 bits per heavy atom. The third kappa shape index (κ3) is 40.0. The SMILES string of the molecule is CC/C=C\C/C=C\C/C=C\C/C=C\C/C=C\C/C=C\C/C=C\CCCCCCCC(=O)NC(CO)C(O)/C=C/CC/C=C/CC/C=C/CCCCCCC. The van der Waals surface area contributed by atoms with Gasteiger partial charge in [-0.15, -0.1) is 0 Å². The number of nitrogens with one attached hydrogen (secondary N) is 1. The number of hydrogen-bond donors (Lipinski definition) is 3. The summed E-state index contributed by atoms with van der Waals surface area (Å²) >= 11 is 0. The van der Waals surface area contributed by atoms with Gasteiger partial charge in [-0.2, -0.15) is 0 Å². The molecule has 0 rings (SSSR count). The number of carbonyl (C=O) groups is 1. The monoisotopic (exact) mass is 744 g/mol. The van der Waals surface area contributed by atoms with Gasteiger partial charge in [-0.3, -0.25) is 4.79 Å². The Morgan fingerprint density at radius 1 is 0.463 bits per heavy atom. The summed E-state index contributed by atoms with van der Waals surface area (Å²) in [5.41, 5.74) is 0. The molecule has 0 saturated heterocycles. The Hall–Kier alpha value is -3.21. The lowest BCUT2D eigenvalue weighted by Crippen LogP contribution is -2.45. The molecule has 0 bridgehead atoms. The van der Waals surface area contributed by atoms with E-state index >= 15 is 0 Å². The second kappa shape index (κ2) is 44.2. The lowest BCUT2D eigenvalue weighted by molar-refractivity contribution is -0.123. The van der Waals surface area contributed by atoms with E-state index in [2.05, 4.69) is 129 Å². The molecule has 0 aliphatic heterocycles. The van der Waals surface area contributed by atoms with Crippen molar-refractivity contribution in [3.8, 4) is 0 Å². The largest absolute Gasteiger partial charge is 0.394 e. The summed E-state index contributed by atoms with van der Waals surface area (Å²) in [7, 11) is 0. The topological polar surface area (TPSA) is 69.6 Å². The first-order valence-electron chi connectivity index (χ1n) is 21.7. The standard InChI is InChI=1S/C50H81NO3/c1-3-5-7-9-11-13-15-17-19-20-21-22-23-24-25-26-27-28-29-30-32-34-36-38-40-42-44-46-50(54)51-48(47-52)49(53)45-43-41-39-37-35-33-31-18-16-14-12-10-8-6-4-2/h5,7,11,13,16-19,21-22,24-25,27-28,30,32,35,37,43,45,48-49,52-53H,3-4,6,8-10,12,14-15,20,23,26,29,31,33-34,36,38-42,44,46-47H2,1-2H3,(H,51,54)/b7-5-,13-11-,18-16+,19-17-,22-21-,25-24-,28-27-,32-30-,37-35+,45-43+. The van der Waals surface area contributed by atoms with Crippen molar-refractivity contribution in [3.63, 3.8) is 0 Å². The molecule has 4 nitrogen and oxygen atoms in total. The maximum absolute atomic E-state index is 12.4. The molecule has 0 aromatic carbocycles. The molecule has 0 heterocycles. The molecular formula is C50H81NO3. The van der Waals surface area contributed by atoms with Gasteiger partial charge in [0, 0.05) is 6.42 Å². The molecule has 1 amide bonds. The summed E-state index contributed by atoms with van der Waals surface area (Å²) in [6, 6.07) is -0.664. The molecule has 0 aromatic heterocycles. The molecular weight excluding hydrogens is 663 g/mol. The van der Waals surface area contributed by atoms with E-state index in [-0.39, 0.29) is 12.5 Å². The van der Waals surface area contributed by atoms with Crippen LogP contribution in [-0.4, -0.2) is 34.9 Å². The second-order valence-electron chi connectivity index (χ2n) is 14.0. The summed E-state index contributed by atoms with van der Waals surface area (Å²) in [6.45, 7) is 4.13. The number of carbonyl (C=O) groups excluding carboxylic acids is 1. The average molecular weight is 744 g/mol. The summed E-state index contributed by atoms with van der Waals surface area (Å²) in [5.74, 6) is -0.104. The van der Waals surface area contributed by atoms with Crippen LogP contribution in [0.2, 0.25) is 0 Å². The number of aliphatic hydroxyl groups is 2. The highest BCUT2D eigenvalue weighted by Gasteiger charge is 2.17. The average Bonchev–Trinajstić information content (AvgIpc) is 3.18. The van der Waals surface area contributed by atoms with E-state index in [0.717, 1.165) is 96.3 Å². The number of unbranched alkanes of at least 4 members (excludes halogenated alkanes) is 12. The first-order valence-corrected chi connectivity index (χ1v) is 21.7. The zero-order valence-corrected chi connectivity index (χ0v) is 34.7. The molecule has 2 unspecified atom stereocenters. The summed E-state index contributed by atoms with van der Waals surface area (Å²) in [6.07, 6.45) is 68.7. The van der Waals surface area contributed by atoms with Crippen LogP contribution in [0.1, 0.15) is 168 Å². The predicted octanol–water partition coefficient (Wildman–Crippen LogP) is 13.8.